The number of nitrogens with one attached hydrogen (secondary N) is 1. The lowest BCUT2D eigenvalue weighted by Crippen LogP contribution is -2.43. The molecular formula is C20H27N3O3S. The summed E-state index contributed by atoms with van der Waals surface area (Å²) in [4.78, 5) is 14.7. The Bertz CT molecular complexity index is 865. The number of anilines is 1. The van der Waals surface area contributed by atoms with Crippen LogP contribution in [0.1, 0.15) is 44.1 Å². The van der Waals surface area contributed by atoms with Gasteiger partial charge < -0.3 is 10.2 Å². The average Bonchev–Trinajstić information content (AvgIpc) is 3.37. The van der Waals surface area contributed by atoms with Crippen molar-refractivity contribution in [2.24, 2.45) is 5.92 Å². The van der Waals surface area contributed by atoms with Gasteiger partial charge in [0.1, 0.15) is 0 Å². The Morgan fingerprint density at radius 3 is 2.74 bits per heavy atom. The first-order valence-electron chi connectivity index (χ1n) is 10.3. The van der Waals surface area contributed by atoms with Crippen LogP contribution in [0.15, 0.2) is 23.1 Å². The van der Waals surface area contributed by atoms with Gasteiger partial charge in [0.05, 0.1) is 4.90 Å². The van der Waals surface area contributed by atoms with Gasteiger partial charge in [0.25, 0.3) is 0 Å². The minimum absolute atomic E-state index is 0.0682. The molecule has 3 fully saturated rings. The SMILES string of the molecule is O=C(C1CC1)N1CCc2cc(S(=O)(=O)N3CC[C@H]4NCCCC[C@H]43)ccc21. The van der Waals surface area contributed by atoms with Gasteiger partial charge in [0.2, 0.25) is 15.9 Å². The normalized spacial score (nSPS) is 28.7. The molecule has 0 bridgehead atoms. The number of rotatable bonds is 3. The molecule has 3 heterocycles. The van der Waals surface area contributed by atoms with E-state index in [0.717, 1.165) is 62.7 Å². The van der Waals surface area contributed by atoms with E-state index in [1.54, 1.807) is 10.4 Å². The fraction of sp³-hybridized carbons (Fsp3) is 0.650. The van der Waals surface area contributed by atoms with Gasteiger partial charge in [0, 0.05) is 36.8 Å². The smallest absolute Gasteiger partial charge is 0.243 e. The zero-order chi connectivity index (χ0) is 18.6. The number of sulfonamides is 1. The lowest BCUT2D eigenvalue weighted by Gasteiger charge is -2.26. The highest BCUT2D eigenvalue weighted by atomic mass is 32.2. The first-order valence-corrected chi connectivity index (χ1v) is 11.7. The van der Waals surface area contributed by atoms with E-state index in [9.17, 15) is 13.2 Å². The van der Waals surface area contributed by atoms with Crippen molar-refractivity contribution < 1.29 is 13.2 Å². The zero-order valence-corrected chi connectivity index (χ0v) is 16.4. The standard InChI is InChI=1S/C20H27N3O3S/c24-20(14-4-5-14)22-11-8-15-13-16(6-7-18(15)22)27(25,26)23-12-9-17-19(23)3-1-2-10-21-17/h6-7,13-14,17,19,21H,1-5,8-12H2/t17-,19-/m1/s1. The topological polar surface area (TPSA) is 69.7 Å². The van der Waals surface area contributed by atoms with Crippen LogP contribution < -0.4 is 10.2 Å². The fourth-order valence-electron chi connectivity index (χ4n) is 4.93. The van der Waals surface area contributed by atoms with Crippen LogP contribution in [0.25, 0.3) is 0 Å². The summed E-state index contributed by atoms with van der Waals surface area (Å²) in [5.41, 5.74) is 1.89. The summed E-state index contributed by atoms with van der Waals surface area (Å²) < 4.78 is 28.4. The minimum Gasteiger partial charge on any atom is -0.312 e. The molecule has 7 heteroatoms. The number of hydrogen-bond donors (Lipinski definition) is 1. The lowest BCUT2D eigenvalue weighted by molar-refractivity contribution is -0.119. The second-order valence-electron chi connectivity index (χ2n) is 8.33. The molecule has 27 heavy (non-hydrogen) atoms. The molecule has 0 radical (unpaired) electrons. The third kappa shape index (κ3) is 3.00. The predicted octanol–water partition coefficient (Wildman–Crippen LogP) is 1.89. The number of nitrogens with zero attached hydrogens (tertiary/aromatic N) is 2. The monoisotopic (exact) mass is 389 g/mol. The Hall–Kier alpha value is -1.44. The van der Waals surface area contributed by atoms with Crippen LogP contribution in [-0.2, 0) is 21.2 Å². The van der Waals surface area contributed by atoms with Crippen molar-refractivity contribution in [3.8, 4) is 0 Å². The largest absolute Gasteiger partial charge is 0.312 e. The van der Waals surface area contributed by atoms with E-state index < -0.39 is 10.0 Å². The van der Waals surface area contributed by atoms with E-state index in [0.29, 0.717) is 18.0 Å². The first kappa shape index (κ1) is 17.6. The fourth-order valence-corrected chi connectivity index (χ4v) is 6.68. The number of carbonyl (C=O) groups excluding carboxylic acids is 1. The molecule has 0 unspecified atom stereocenters. The van der Waals surface area contributed by atoms with Crippen LogP contribution in [0.2, 0.25) is 0 Å². The average molecular weight is 390 g/mol. The molecule has 2 saturated heterocycles. The number of benzene rings is 1. The molecule has 1 aromatic carbocycles. The molecule has 1 N–H and O–H groups in total. The molecule has 0 spiro atoms. The van der Waals surface area contributed by atoms with E-state index in [4.69, 9.17) is 0 Å². The van der Waals surface area contributed by atoms with Gasteiger partial charge in [-0.05, 0) is 68.8 Å². The number of carbonyl (C=O) groups is 1. The Kier molecular flexibility index (Phi) is 4.29. The Labute approximate surface area is 161 Å². The van der Waals surface area contributed by atoms with Crippen molar-refractivity contribution in [2.75, 3.05) is 24.5 Å². The second kappa shape index (κ2) is 6.57. The maximum Gasteiger partial charge on any atom is 0.243 e. The third-order valence-corrected chi connectivity index (χ3v) is 8.49. The van der Waals surface area contributed by atoms with Gasteiger partial charge in [-0.25, -0.2) is 8.42 Å². The molecule has 1 saturated carbocycles. The highest BCUT2D eigenvalue weighted by molar-refractivity contribution is 7.89. The molecule has 1 amide bonds. The van der Waals surface area contributed by atoms with E-state index in [2.05, 4.69) is 5.32 Å². The maximum atomic E-state index is 13.4. The molecule has 1 aromatic rings. The molecule has 1 aliphatic carbocycles. The molecule has 0 aromatic heterocycles. The van der Waals surface area contributed by atoms with E-state index in [1.165, 1.54) is 0 Å². The van der Waals surface area contributed by atoms with Gasteiger partial charge in [-0.15, -0.1) is 0 Å². The van der Waals surface area contributed by atoms with Gasteiger partial charge in [0.15, 0.2) is 0 Å². The highest BCUT2D eigenvalue weighted by Crippen LogP contribution is 2.38. The quantitative estimate of drug-likeness (QED) is 0.857. The molecule has 6 nitrogen and oxygen atoms in total. The van der Waals surface area contributed by atoms with Crippen LogP contribution in [0.5, 0.6) is 0 Å². The van der Waals surface area contributed by atoms with Crippen molar-refractivity contribution in [2.45, 2.75) is 61.9 Å². The van der Waals surface area contributed by atoms with Gasteiger partial charge >= 0.3 is 0 Å². The number of amides is 1. The van der Waals surface area contributed by atoms with Crippen molar-refractivity contribution in [3.63, 3.8) is 0 Å². The summed E-state index contributed by atoms with van der Waals surface area (Å²) in [6.45, 7) is 2.25. The van der Waals surface area contributed by atoms with Crippen molar-refractivity contribution in [1.29, 1.82) is 0 Å². The molecule has 2 atom stereocenters. The predicted molar refractivity (Wildman–Crippen MR) is 103 cm³/mol. The maximum absolute atomic E-state index is 13.4. The van der Waals surface area contributed by atoms with Crippen LogP contribution in [0, 0.1) is 5.92 Å². The Morgan fingerprint density at radius 2 is 1.93 bits per heavy atom. The van der Waals surface area contributed by atoms with E-state index in [1.807, 2.05) is 17.0 Å². The molecule has 4 aliphatic rings. The molecule has 146 valence electrons. The van der Waals surface area contributed by atoms with Crippen molar-refractivity contribution >= 4 is 21.6 Å². The van der Waals surface area contributed by atoms with E-state index >= 15 is 0 Å². The summed E-state index contributed by atoms with van der Waals surface area (Å²) in [6.07, 6.45) is 6.73. The lowest BCUT2D eigenvalue weighted by atomic mass is 10.1. The second-order valence-corrected chi connectivity index (χ2v) is 10.2. The Balaban J connectivity index is 1.42. The number of hydrogen-bond acceptors (Lipinski definition) is 4. The van der Waals surface area contributed by atoms with Crippen molar-refractivity contribution in [3.05, 3.63) is 23.8 Å². The van der Waals surface area contributed by atoms with Gasteiger partial charge in [-0.1, -0.05) is 6.42 Å². The first-order chi connectivity index (χ1) is 13.1. The Morgan fingerprint density at radius 1 is 1.07 bits per heavy atom. The highest BCUT2D eigenvalue weighted by Gasteiger charge is 2.42. The van der Waals surface area contributed by atoms with Gasteiger partial charge in [-0.3, -0.25) is 4.79 Å². The summed E-state index contributed by atoms with van der Waals surface area (Å²) in [5, 5.41) is 3.52. The molecular weight excluding hydrogens is 362 g/mol. The van der Waals surface area contributed by atoms with Gasteiger partial charge in [-0.2, -0.15) is 4.31 Å². The van der Waals surface area contributed by atoms with Crippen LogP contribution >= 0.6 is 0 Å². The summed E-state index contributed by atoms with van der Waals surface area (Å²) in [6, 6.07) is 5.70. The third-order valence-electron chi connectivity index (χ3n) is 6.57. The summed E-state index contributed by atoms with van der Waals surface area (Å²) >= 11 is 0. The summed E-state index contributed by atoms with van der Waals surface area (Å²) in [7, 11) is -3.50. The minimum atomic E-state index is -3.50. The molecule has 3 aliphatic heterocycles. The van der Waals surface area contributed by atoms with Crippen LogP contribution in [0.3, 0.4) is 0 Å². The van der Waals surface area contributed by atoms with Crippen LogP contribution in [0.4, 0.5) is 5.69 Å². The van der Waals surface area contributed by atoms with E-state index in [-0.39, 0.29) is 23.9 Å². The number of fused-ring (bicyclic) bond motifs is 2. The summed E-state index contributed by atoms with van der Waals surface area (Å²) in [5.74, 6) is 0.389. The van der Waals surface area contributed by atoms with Crippen molar-refractivity contribution in [1.82, 2.24) is 9.62 Å². The van der Waals surface area contributed by atoms with Crippen LogP contribution in [-0.4, -0.2) is 50.3 Å². The molecule has 5 rings (SSSR count). The zero-order valence-electron chi connectivity index (χ0n) is 15.6.